The van der Waals surface area contributed by atoms with E-state index in [1.807, 2.05) is 30.3 Å². The van der Waals surface area contributed by atoms with Crippen LogP contribution in [0.25, 0.3) is 27.3 Å². The minimum Gasteiger partial charge on any atom is -0.382 e. The molecule has 0 saturated carbocycles. The van der Waals surface area contributed by atoms with Gasteiger partial charge in [-0.05, 0) is 12.1 Å². The molecule has 0 saturated heterocycles. The van der Waals surface area contributed by atoms with Crippen LogP contribution in [0.3, 0.4) is 0 Å². The van der Waals surface area contributed by atoms with Crippen LogP contribution in [0.15, 0.2) is 54.7 Å². The molecule has 0 bridgehead atoms. The van der Waals surface area contributed by atoms with Gasteiger partial charge in [0.05, 0.1) is 16.6 Å². The van der Waals surface area contributed by atoms with E-state index in [2.05, 4.69) is 33.8 Å². The number of para-hydroxylation sites is 2. The Morgan fingerprint density at radius 2 is 1.72 bits per heavy atom. The molecule has 0 aliphatic rings. The maximum Gasteiger partial charge on any atom is 0.149 e. The summed E-state index contributed by atoms with van der Waals surface area (Å²) in [5.74, 6) is 0.579. The molecule has 4 rings (SSSR count). The summed E-state index contributed by atoms with van der Waals surface area (Å²) in [5.41, 5.74) is 9.09. The lowest BCUT2D eigenvalue weighted by Gasteiger charge is -2.04. The van der Waals surface area contributed by atoms with E-state index in [4.69, 9.17) is 5.73 Å². The summed E-state index contributed by atoms with van der Waals surface area (Å²) in [6, 6.07) is 16.3. The number of fused-ring (bicyclic) bond motifs is 5. The molecule has 86 valence electrons. The fraction of sp³-hybridized carbons (Fsp3) is 0. The molecule has 0 amide bonds. The van der Waals surface area contributed by atoms with Gasteiger partial charge in [-0.15, -0.1) is 0 Å². The van der Waals surface area contributed by atoms with Crippen LogP contribution in [-0.4, -0.2) is 9.38 Å². The number of benzene rings is 2. The van der Waals surface area contributed by atoms with E-state index < -0.39 is 0 Å². The molecule has 0 radical (unpaired) electrons. The number of hydrogen-bond donors (Lipinski definition) is 1. The maximum absolute atomic E-state index is 6.10. The summed E-state index contributed by atoms with van der Waals surface area (Å²) >= 11 is 0. The van der Waals surface area contributed by atoms with Gasteiger partial charge in [0.15, 0.2) is 0 Å². The third kappa shape index (κ3) is 1.10. The molecule has 2 aromatic carbocycles. The van der Waals surface area contributed by atoms with Gasteiger partial charge in [-0.2, -0.15) is 0 Å². The lowest BCUT2D eigenvalue weighted by Crippen LogP contribution is -1.97. The molecule has 0 unspecified atom stereocenters. The summed E-state index contributed by atoms with van der Waals surface area (Å²) < 4.78 is 2.13. The van der Waals surface area contributed by atoms with Crippen LogP contribution in [0, 0.1) is 0 Å². The normalized spacial score (nSPS) is 11.6. The molecule has 0 spiro atoms. The lowest BCUT2D eigenvalue weighted by molar-refractivity contribution is 1.24. The first kappa shape index (κ1) is 9.48. The van der Waals surface area contributed by atoms with E-state index in [9.17, 15) is 0 Å². The van der Waals surface area contributed by atoms with Crippen molar-refractivity contribution in [3.63, 3.8) is 0 Å². The van der Waals surface area contributed by atoms with Gasteiger partial charge < -0.3 is 10.1 Å². The second kappa shape index (κ2) is 3.23. The second-order valence-electron chi connectivity index (χ2n) is 4.42. The van der Waals surface area contributed by atoms with Crippen molar-refractivity contribution in [2.24, 2.45) is 0 Å². The largest absolute Gasteiger partial charge is 0.382 e. The molecule has 18 heavy (non-hydrogen) atoms. The molecule has 2 N–H and O–H groups in total. The highest BCUT2D eigenvalue weighted by Crippen LogP contribution is 2.28. The predicted molar refractivity (Wildman–Crippen MR) is 74.6 cm³/mol. The maximum atomic E-state index is 6.10. The number of nitrogens with two attached hydrogens (primary N) is 1. The number of nitrogen functional groups attached to an aromatic ring is 1. The summed E-state index contributed by atoms with van der Waals surface area (Å²) in [4.78, 5) is 4.48. The third-order valence-electron chi connectivity index (χ3n) is 3.35. The van der Waals surface area contributed by atoms with Crippen molar-refractivity contribution in [1.29, 1.82) is 0 Å². The number of hydrogen-bond acceptors (Lipinski definition) is 2. The van der Waals surface area contributed by atoms with Crippen molar-refractivity contribution in [3.05, 3.63) is 54.7 Å². The van der Waals surface area contributed by atoms with Crippen molar-refractivity contribution >= 4 is 33.1 Å². The number of aromatic nitrogens is 2. The Morgan fingerprint density at radius 1 is 0.944 bits per heavy atom. The highest BCUT2D eigenvalue weighted by molar-refractivity contribution is 6.04. The summed E-state index contributed by atoms with van der Waals surface area (Å²) in [7, 11) is 0. The molecule has 4 aromatic rings. The molecule has 0 fully saturated rings. The number of nitrogens with zero attached hydrogens (tertiary/aromatic N) is 2. The molecule has 0 aliphatic heterocycles. The number of rotatable bonds is 0. The molecular formula is C15H11N3. The molecule has 2 heterocycles. The Labute approximate surface area is 103 Å². The Morgan fingerprint density at radius 3 is 2.67 bits per heavy atom. The van der Waals surface area contributed by atoms with Gasteiger partial charge in [0.25, 0.3) is 0 Å². The Balaban J connectivity index is 2.38. The van der Waals surface area contributed by atoms with Gasteiger partial charge in [-0.3, -0.25) is 0 Å². The minimum atomic E-state index is 0.579. The van der Waals surface area contributed by atoms with E-state index >= 15 is 0 Å². The first-order chi connectivity index (χ1) is 8.84. The molecule has 0 atom stereocenters. The van der Waals surface area contributed by atoms with Crippen LogP contribution in [-0.2, 0) is 0 Å². The lowest BCUT2D eigenvalue weighted by atomic mass is 10.2. The van der Waals surface area contributed by atoms with Gasteiger partial charge in [-0.1, -0.05) is 36.4 Å². The quantitative estimate of drug-likeness (QED) is 0.506. The van der Waals surface area contributed by atoms with Crippen LogP contribution in [0.1, 0.15) is 0 Å². The average Bonchev–Trinajstić information content (AvgIpc) is 2.79. The van der Waals surface area contributed by atoms with Gasteiger partial charge in [0, 0.05) is 17.0 Å². The second-order valence-corrected chi connectivity index (χ2v) is 4.42. The summed E-state index contributed by atoms with van der Waals surface area (Å²) in [6.07, 6.45) is 2.12. The molecule has 3 heteroatoms. The van der Waals surface area contributed by atoms with Crippen molar-refractivity contribution in [2.75, 3.05) is 5.73 Å². The molecule has 3 nitrogen and oxygen atoms in total. The van der Waals surface area contributed by atoms with Gasteiger partial charge in [-0.25, -0.2) is 4.98 Å². The fourth-order valence-corrected chi connectivity index (χ4v) is 2.56. The fourth-order valence-electron chi connectivity index (χ4n) is 2.56. The van der Waals surface area contributed by atoms with Gasteiger partial charge in [0.2, 0.25) is 0 Å². The molecule has 0 aliphatic carbocycles. The average molecular weight is 233 g/mol. The predicted octanol–water partition coefficient (Wildman–Crippen LogP) is 3.22. The van der Waals surface area contributed by atoms with E-state index in [1.165, 1.54) is 5.39 Å². The smallest absolute Gasteiger partial charge is 0.149 e. The zero-order chi connectivity index (χ0) is 12.1. The summed E-state index contributed by atoms with van der Waals surface area (Å²) in [5, 5.41) is 2.33. The van der Waals surface area contributed by atoms with Crippen LogP contribution in [0.2, 0.25) is 0 Å². The van der Waals surface area contributed by atoms with Gasteiger partial charge in [0.1, 0.15) is 5.82 Å². The van der Waals surface area contributed by atoms with E-state index in [0.717, 1.165) is 21.9 Å². The molecular weight excluding hydrogens is 222 g/mol. The Kier molecular flexibility index (Phi) is 1.70. The first-order valence-corrected chi connectivity index (χ1v) is 5.88. The van der Waals surface area contributed by atoms with E-state index in [1.54, 1.807) is 0 Å². The topological polar surface area (TPSA) is 43.3 Å². The first-order valence-electron chi connectivity index (χ1n) is 5.88. The van der Waals surface area contributed by atoms with Crippen LogP contribution in [0.4, 0.5) is 5.82 Å². The summed E-state index contributed by atoms with van der Waals surface area (Å²) in [6.45, 7) is 0. The van der Waals surface area contributed by atoms with E-state index in [-0.39, 0.29) is 0 Å². The third-order valence-corrected chi connectivity index (χ3v) is 3.35. The highest BCUT2D eigenvalue weighted by atomic mass is 15.0. The van der Waals surface area contributed by atoms with Crippen LogP contribution < -0.4 is 5.73 Å². The van der Waals surface area contributed by atoms with Crippen molar-refractivity contribution in [3.8, 4) is 0 Å². The SMILES string of the molecule is Nc1nc2ccccc2n2cc3ccccc3c12. The van der Waals surface area contributed by atoms with Gasteiger partial charge >= 0.3 is 0 Å². The molecule has 2 aromatic heterocycles. The standard InChI is InChI=1S/C15H11N3/c16-15-14-11-6-2-1-5-10(11)9-18(14)13-8-4-3-7-12(13)17-15/h1-9H,(H2,16,17). The van der Waals surface area contributed by atoms with Crippen molar-refractivity contribution in [2.45, 2.75) is 0 Å². The minimum absolute atomic E-state index is 0.579. The zero-order valence-electron chi connectivity index (χ0n) is 9.67. The van der Waals surface area contributed by atoms with Crippen molar-refractivity contribution in [1.82, 2.24) is 9.38 Å². The Hall–Kier alpha value is -2.55. The number of anilines is 1. The highest BCUT2D eigenvalue weighted by Gasteiger charge is 2.09. The van der Waals surface area contributed by atoms with Crippen molar-refractivity contribution < 1.29 is 0 Å². The van der Waals surface area contributed by atoms with Crippen LogP contribution in [0.5, 0.6) is 0 Å². The zero-order valence-corrected chi connectivity index (χ0v) is 9.67. The monoisotopic (exact) mass is 233 g/mol. The van der Waals surface area contributed by atoms with Crippen LogP contribution >= 0.6 is 0 Å². The van der Waals surface area contributed by atoms with E-state index in [0.29, 0.717) is 5.82 Å². The Bertz CT molecular complexity index is 890.